The predicted molar refractivity (Wildman–Crippen MR) is 87.3 cm³/mol. The molecule has 5 heteroatoms. The first-order chi connectivity index (χ1) is 10.6. The van der Waals surface area contributed by atoms with Crippen LogP contribution in [0.4, 0.5) is 11.4 Å². The normalized spacial score (nSPS) is 9.86. The zero-order valence-electron chi connectivity index (χ0n) is 12.3. The molecule has 5 nitrogen and oxygen atoms in total. The Bertz CT molecular complexity index is 693. The lowest BCUT2D eigenvalue weighted by atomic mass is 10.1. The SMILES string of the molecule is C=CCNc1ccc(C(=O)Nc2cccc(C(C)=O)c2)nc1. The van der Waals surface area contributed by atoms with E-state index in [9.17, 15) is 9.59 Å². The molecule has 0 aliphatic carbocycles. The molecule has 1 aromatic heterocycles. The third kappa shape index (κ3) is 4.02. The molecule has 1 heterocycles. The molecule has 0 spiro atoms. The highest BCUT2D eigenvalue weighted by Crippen LogP contribution is 2.13. The van der Waals surface area contributed by atoms with Gasteiger partial charge >= 0.3 is 0 Å². The minimum absolute atomic E-state index is 0.0492. The van der Waals surface area contributed by atoms with Crippen molar-refractivity contribution in [1.29, 1.82) is 0 Å². The second kappa shape index (κ2) is 7.17. The van der Waals surface area contributed by atoms with E-state index in [0.29, 0.717) is 23.5 Å². The zero-order chi connectivity index (χ0) is 15.9. The van der Waals surface area contributed by atoms with Gasteiger partial charge in [-0.3, -0.25) is 9.59 Å². The van der Waals surface area contributed by atoms with Gasteiger partial charge in [-0.1, -0.05) is 18.2 Å². The van der Waals surface area contributed by atoms with E-state index in [4.69, 9.17) is 0 Å². The highest BCUT2D eigenvalue weighted by molar-refractivity contribution is 6.04. The van der Waals surface area contributed by atoms with Crippen LogP contribution in [-0.2, 0) is 0 Å². The van der Waals surface area contributed by atoms with Crippen LogP contribution in [0.5, 0.6) is 0 Å². The van der Waals surface area contributed by atoms with Crippen molar-refractivity contribution < 1.29 is 9.59 Å². The van der Waals surface area contributed by atoms with Crippen LogP contribution in [0.1, 0.15) is 27.8 Å². The molecule has 2 rings (SSSR count). The number of rotatable bonds is 6. The van der Waals surface area contributed by atoms with Crippen LogP contribution in [0.15, 0.2) is 55.3 Å². The van der Waals surface area contributed by atoms with Crippen molar-refractivity contribution in [1.82, 2.24) is 4.98 Å². The summed E-state index contributed by atoms with van der Waals surface area (Å²) in [5.74, 6) is -0.372. The van der Waals surface area contributed by atoms with Crippen LogP contribution in [0.3, 0.4) is 0 Å². The quantitative estimate of drug-likeness (QED) is 0.634. The fourth-order valence-electron chi connectivity index (χ4n) is 1.83. The highest BCUT2D eigenvalue weighted by Gasteiger charge is 2.08. The Morgan fingerprint density at radius 2 is 2.05 bits per heavy atom. The van der Waals surface area contributed by atoms with E-state index >= 15 is 0 Å². The number of anilines is 2. The van der Waals surface area contributed by atoms with Crippen LogP contribution in [0.2, 0.25) is 0 Å². The first kappa shape index (κ1) is 15.4. The van der Waals surface area contributed by atoms with Crippen LogP contribution in [0, 0.1) is 0 Å². The number of nitrogens with zero attached hydrogens (tertiary/aromatic N) is 1. The Labute approximate surface area is 129 Å². The zero-order valence-corrected chi connectivity index (χ0v) is 12.3. The average Bonchev–Trinajstić information content (AvgIpc) is 2.53. The predicted octanol–water partition coefficient (Wildman–Crippen LogP) is 3.13. The van der Waals surface area contributed by atoms with Crippen molar-refractivity contribution in [3.05, 3.63) is 66.5 Å². The molecule has 0 saturated carbocycles. The molecule has 22 heavy (non-hydrogen) atoms. The van der Waals surface area contributed by atoms with Crippen molar-refractivity contribution in [3.63, 3.8) is 0 Å². The van der Waals surface area contributed by atoms with E-state index in [0.717, 1.165) is 5.69 Å². The first-order valence-electron chi connectivity index (χ1n) is 6.83. The summed E-state index contributed by atoms with van der Waals surface area (Å²) in [6, 6.07) is 10.2. The standard InChI is InChI=1S/C17H17N3O2/c1-3-9-18-15-7-8-16(19-11-15)17(22)20-14-6-4-5-13(10-14)12(2)21/h3-8,10-11,18H,1,9H2,2H3,(H,20,22). The first-order valence-corrected chi connectivity index (χ1v) is 6.83. The number of nitrogens with one attached hydrogen (secondary N) is 2. The van der Waals surface area contributed by atoms with Crippen molar-refractivity contribution in [2.75, 3.05) is 17.2 Å². The number of carbonyl (C=O) groups is 2. The van der Waals surface area contributed by atoms with Crippen LogP contribution in [0.25, 0.3) is 0 Å². The molecule has 0 aliphatic rings. The van der Waals surface area contributed by atoms with E-state index in [1.165, 1.54) is 6.92 Å². The van der Waals surface area contributed by atoms with Crippen LogP contribution >= 0.6 is 0 Å². The summed E-state index contributed by atoms with van der Waals surface area (Å²) >= 11 is 0. The van der Waals surface area contributed by atoms with Gasteiger partial charge < -0.3 is 10.6 Å². The monoisotopic (exact) mass is 295 g/mol. The van der Waals surface area contributed by atoms with E-state index in [-0.39, 0.29) is 11.7 Å². The van der Waals surface area contributed by atoms with Crippen molar-refractivity contribution >= 4 is 23.1 Å². The van der Waals surface area contributed by atoms with E-state index < -0.39 is 0 Å². The average molecular weight is 295 g/mol. The molecule has 112 valence electrons. The Kier molecular flexibility index (Phi) is 5.03. The van der Waals surface area contributed by atoms with E-state index in [1.807, 2.05) is 0 Å². The maximum Gasteiger partial charge on any atom is 0.274 e. The van der Waals surface area contributed by atoms with Gasteiger partial charge in [0.1, 0.15) is 5.69 Å². The minimum Gasteiger partial charge on any atom is -0.380 e. The van der Waals surface area contributed by atoms with Crippen LogP contribution in [-0.4, -0.2) is 23.2 Å². The van der Waals surface area contributed by atoms with E-state index in [1.54, 1.807) is 48.7 Å². The van der Waals surface area contributed by atoms with Gasteiger partial charge in [0, 0.05) is 17.8 Å². The number of amides is 1. The third-order valence-electron chi connectivity index (χ3n) is 2.97. The van der Waals surface area contributed by atoms with Crippen molar-refractivity contribution in [3.8, 4) is 0 Å². The third-order valence-corrected chi connectivity index (χ3v) is 2.97. The minimum atomic E-state index is -0.323. The number of hydrogen-bond donors (Lipinski definition) is 2. The highest BCUT2D eigenvalue weighted by atomic mass is 16.2. The fraction of sp³-hybridized carbons (Fsp3) is 0.118. The molecular weight excluding hydrogens is 278 g/mol. The largest absolute Gasteiger partial charge is 0.380 e. The molecule has 0 radical (unpaired) electrons. The van der Waals surface area contributed by atoms with Crippen LogP contribution < -0.4 is 10.6 Å². The molecule has 0 atom stereocenters. The van der Waals surface area contributed by atoms with Gasteiger partial charge in [-0.05, 0) is 31.2 Å². The maximum atomic E-state index is 12.1. The van der Waals surface area contributed by atoms with Gasteiger partial charge in [-0.2, -0.15) is 0 Å². The number of benzene rings is 1. The van der Waals surface area contributed by atoms with Gasteiger partial charge in [0.2, 0.25) is 0 Å². The molecule has 2 aromatic rings. The number of ketones is 1. The molecule has 0 aliphatic heterocycles. The smallest absolute Gasteiger partial charge is 0.274 e. The summed E-state index contributed by atoms with van der Waals surface area (Å²) in [5, 5.41) is 5.81. The van der Waals surface area contributed by atoms with Crippen molar-refractivity contribution in [2.24, 2.45) is 0 Å². The summed E-state index contributed by atoms with van der Waals surface area (Å²) in [4.78, 5) is 27.6. The Morgan fingerprint density at radius 1 is 1.23 bits per heavy atom. The lowest BCUT2D eigenvalue weighted by molar-refractivity contribution is 0.100. The van der Waals surface area contributed by atoms with E-state index in [2.05, 4.69) is 22.2 Å². The molecule has 0 unspecified atom stereocenters. The summed E-state index contributed by atoms with van der Waals surface area (Å²) in [6.07, 6.45) is 3.33. The number of Topliss-reactive ketones (excluding diaryl/α,β-unsaturated/α-hetero) is 1. The van der Waals surface area contributed by atoms with Gasteiger partial charge in [0.25, 0.3) is 5.91 Å². The maximum absolute atomic E-state index is 12.1. The number of hydrogen-bond acceptors (Lipinski definition) is 4. The summed E-state index contributed by atoms with van der Waals surface area (Å²) in [6.45, 7) is 5.73. The molecule has 1 amide bonds. The van der Waals surface area contributed by atoms with Gasteiger partial charge in [-0.15, -0.1) is 6.58 Å². The lowest BCUT2D eigenvalue weighted by Crippen LogP contribution is -2.14. The molecule has 0 bridgehead atoms. The summed E-state index contributed by atoms with van der Waals surface area (Å²) in [5.41, 5.74) is 2.23. The second-order valence-corrected chi connectivity index (χ2v) is 4.69. The molecular formula is C17H17N3O2. The molecule has 0 saturated heterocycles. The summed E-state index contributed by atoms with van der Waals surface area (Å²) < 4.78 is 0. The molecule has 0 fully saturated rings. The van der Waals surface area contributed by atoms with Crippen molar-refractivity contribution in [2.45, 2.75) is 6.92 Å². The second-order valence-electron chi connectivity index (χ2n) is 4.69. The van der Waals surface area contributed by atoms with Gasteiger partial charge in [0.05, 0.1) is 11.9 Å². The Balaban J connectivity index is 2.07. The number of carbonyl (C=O) groups excluding carboxylic acids is 2. The summed E-state index contributed by atoms with van der Waals surface area (Å²) in [7, 11) is 0. The lowest BCUT2D eigenvalue weighted by Gasteiger charge is -2.07. The van der Waals surface area contributed by atoms with Gasteiger partial charge in [-0.25, -0.2) is 4.98 Å². The molecule has 2 N–H and O–H groups in total. The Hall–Kier alpha value is -2.95. The number of aromatic nitrogens is 1. The topological polar surface area (TPSA) is 71.1 Å². The molecule has 1 aromatic carbocycles. The number of pyridine rings is 1. The Morgan fingerprint density at radius 3 is 2.68 bits per heavy atom. The fourth-order valence-corrected chi connectivity index (χ4v) is 1.83. The van der Waals surface area contributed by atoms with Gasteiger partial charge in [0.15, 0.2) is 5.78 Å².